The van der Waals surface area contributed by atoms with Gasteiger partial charge in [0.25, 0.3) is 0 Å². The average Bonchev–Trinajstić information content (AvgIpc) is 2.49. The summed E-state index contributed by atoms with van der Waals surface area (Å²) in [6, 6.07) is 9.12. The molecule has 1 atom stereocenters. The van der Waals surface area contributed by atoms with Gasteiger partial charge in [-0.15, -0.1) is 0 Å². The van der Waals surface area contributed by atoms with E-state index in [1.54, 1.807) is 0 Å². The molecule has 0 aliphatic rings. The highest BCUT2D eigenvalue weighted by atomic mass is 19.1. The van der Waals surface area contributed by atoms with Crippen LogP contribution in [0.2, 0.25) is 0 Å². The molecule has 0 fully saturated rings. The van der Waals surface area contributed by atoms with Crippen LogP contribution in [0, 0.1) is 11.6 Å². The summed E-state index contributed by atoms with van der Waals surface area (Å²) in [6.45, 7) is 6.43. The van der Waals surface area contributed by atoms with Crippen LogP contribution in [0.1, 0.15) is 44.2 Å². The molecular formula is C18H20F2O. The number of benzene rings is 2. The van der Waals surface area contributed by atoms with E-state index in [-0.39, 0.29) is 5.75 Å². The van der Waals surface area contributed by atoms with Gasteiger partial charge in [-0.2, -0.15) is 0 Å². The Hall–Kier alpha value is -1.90. The van der Waals surface area contributed by atoms with Gasteiger partial charge in [-0.25, -0.2) is 8.78 Å². The lowest BCUT2D eigenvalue weighted by atomic mass is 9.92. The van der Waals surface area contributed by atoms with Crippen LogP contribution in [0.25, 0.3) is 0 Å². The number of hydrogen-bond acceptors (Lipinski definition) is 1. The molecule has 112 valence electrons. The van der Waals surface area contributed by atoms with Crippen molar-refractivity contribution >= 4 is 0 Å². The lowest BCUT2D eigenvalue weighted by molar-refractivity contribution is 0.437. The van der Waals surface area contributed by atoms with Crippen molar-refractivity contribution < 1.29 is 13.5 Å². The second-order valence-electron chi connectivity index (χ2n) is 5.20. The lowest BCUT2D eigenvalue weighted by Crippen LogP contribution is -1.98. The van der Waals surface area contributed by atoms with Crippen LogP contribution >= 0.6 is 0 Å². The Bertz CT molecular complexity index is 623. The molecule has 0 radical (unpaired) electrons. The fourth-order valence-electron chi connectivity index (χ4n) is 2.34. The van der Waals surface area contributed by atoms with Gasteiger partial charge in [0.2, 0.25) is 0 Å². The van der Waals surface area contributed by atoms with Crippen LogP contribution in [0.4, 0.5) is 8.78 Å². The van der Waals surface area contributed by atoms with Crippen molar-refractivity contribution in [2.24, 2.45) is 0 Å². The zero-order chi connectivity index (χ0) is 15.4. The number of ether oxygens (including phenoxy) is 1. The van der Waals surface area contributed by atoms with Gasteiger partial charge in [0, 0.05) is 6.07 Å². The SMILES string of the molecule is CCc1cc(Oc2ccc(F)cc2F)ccc1C(C)CC. The van der Waals surface area contributed by atoms with Crippen molar-refractivity contribution in [2.75, 3.05) is 0 Å². The second kappa shape index (κ2) is 6.70. The van der Waals surface area contributed by atoms with Gasteiger partial charge in [0.15, 0.2) is 11.6 Å². The molecule has 1 nitrogen and oxygen atoms in total. The maximum atomic E-state index is 13.6. The van der Waals surface area contributed by atoms with E-state index < -0.39 is 11.6 Å². The van der Waals surface area contributed by atoms with Crippen molar-refractivity contribution in [1.29, 1.82) is 0 Å². The van der Waals surface area contributed by atoms with Gasteiger partial charge in [-0.05, 0) is 54.2 Å². The average molecular weight is 290 g/mol. The Balaban J connectivity index is 2.29. The molecule has 2 rings (SSSR count). The van der Waals surface area contributed by atoms with Crippen LogP contribution in [0.3, 0.4) is 0 Å². The van der Waals surface area contributed by atoms with Crippen LogP contribution < -0.4 is 4.74 Å². The summed E-state index contributed by atoms with van der Waals surface area (Å²) < 4.78 is 32.0. The molecule has 0 bridgehead atoms. The number of hydrogen-bond donors (Lipinski definition) is 0. The Morgan fingerprint density at radius 3 is 2.43 bits per heavy atom. The maximum Gasteiger partial charge on any atom is 0.168 e. The molecular weight excluding hydrogens is 270 g/mol. The summed E-state index contributed by atoms with van der Waals surface area (Å²) in [4.78, 5) is 0. The molecule has 0 saturated carbocycles. The van der Waals surface area contributed by atoms with Gasteiger partial charge in [0.1, 0.15) is 11.6 Å². The molecule has 0 heterocycles. The van der Waals surface area contributed by atoms with Gasteiger partial charge in [0.05, 0.1) is 0 Å². The van der Waals surface area contributed by atoms with Crippen molar-refractivity contribution in [3.8, 4) is 11.5 Å². The van der Waals surface area contributed by atoms with E-state index in [0.717, 1.165) is 18.9 Å². The summed E-state index contributed by atoms with van der Waals surface area (Å²) in [7, 11) is 0. The van der Waals surface area contributed by atoms with E-state index in [9.17, 15) is 8.78 Å². The number of rotatable bonds is 5. The van der Waals surface area contributed by atoms with Gasteiger partial charge in [-0.3, -0.25) is 0 Å². The molecule has 0 aliphatic heterocycles. The normalized spacial score (nSPS) is 12.2. The summed E-state index contributed by atoms with van der Waals surface area (Å²) in [5.41, 5.74) is 2.50. The van der Waals surface area contributed by atoms with Crippen molar-refractivity contribution in [3.05, 3.63) is 59.2 Å². The highest BCUT2D eigenvalue weighted by Crippen LogP contribution is 2.30. The second-order valence-corrected chi connectivity index (χ2v) is 5.20. The molecule has 0 spiro atoms. The van der Waals surface area contributed by atoms with Crippen molar-refractivity contribution in [2.45, 2.75) is 39.5 Å². The molecule has 0 aromatic heterocycles. The van der Waals surface area contributed by atoms with Gasteiger partial charge >= 0.3 is 0 Å². The fraction of sp³-hybridized carbons (Fsp3) is 0.333. The van der Waals surface area contributed by atoms with Crippen LogP contribution in [0.5, 0.6) is 11.5 Å². The molecule has 0 aliphatic carbocycles. The van der Waals surface area contributed by atoms with E-state index in [0.29, 0.717) is 11.7 Å². The zero-order valence-electron chi connectivity index (χ0n) is 12.6. The first kappa shape index (κ1) is 15.5. The monoisotopic (exact) mass is 290 g/mol. The summed E-state index contributed by atoms with van der Waals surface area (Å²) in [5, 5.41) is 0. The molecule has 0 saturated heterocycles. The van der Waals surface area contributed by atoms with Crippen LogP contribution in [0.15, 0.2) is 36.4 Å². The zero-order valence-corrected chi connectivity index (χ0v) is 12.6. The first-order valence-corrected chi connectivity index (χ1v) is 7.30. The first-order valence-electron chi connectivity index (χ1n) is 7.30. The predicted molar refractivity (Wildman–Crippen MR) is 81.0 cm³/mol. The molecule has 2 aromatic rings. The third-order valence-corrected chi connectivity index (χ3v) is 3.76. The topological polar surface area (TPSA) is 9.23 Å². The van der Waals surface area contributed by atoms with Gasteiger partial charge < -0.3 is 4.74 Å². The Morgan fingerprint density at radius 1 is 1.05 bits per heavy atom. The summed E-state index contributed by atoms with van der Waals surface area (Å²) >= 11 is 0. The maximum absolute atomic E-state index is 13.6. The molecule has 0 N–H and O–H groups in total. The Morgan fingerprint density at radius 2 is 1.81 bits per heavy atom. The van der Waals surface area contributed by atoms with Crippen molar-refractivity contribution in [3.63, 3.8) is 0 Å². The van der Waals surface area contributed by atoms with Crippen molar-refractivity contribution in [1.82, 2.24) is 0 Å². The number of halogens is 2. The van der Waals surface area contributed by atoms with E-state index in [1.165, 1.54) is 23.3 Å². The highest BCUT2D eigenvalue weighted by molar-refractivity contribution is 5.40. The lowest BCUT2D eigenvalue weighted by Gasteiger charge is -2.16. The van der Waals surface area contributed by atoms with E-state index in [2.05, 4.69) is 20.8 Å². The fourth-order valence-corrected chi connectivity index (χ4v) is 2.34. The molecule has 3 heteroatoms. The minimum atomic E-state index is -0.695. The summed E-state index contributed by atoms with van der Waals surface area (Å²) in [5.74, 6) is -0.212. The highest BCUT2D eigenvalue weighted by Gasteiger charge is 2.11. The minimum Gasteiger partial charge on any atom is -0.454 e. The molecule has 1 unspecified atom stereocenters. The standard InChI is InChI=1S/C18H20F2O/c1-4-12(3)16-8-7-15(10-13(16)5-2)21-18-9-6-14(19)11-17(18)20/h6-12H,4-5H2,1-3H3. The largest absolute Gasteiger partial charge is 0.454 e. The smallest absolute Gasteiger partial charge is 0.168 e. The predicted octanol–water partition coefficient (Wildman–Crippen LogP) is 5.83. The van der Waals surface area contributed by atoms with E-state index in [4.69, 9.17) is 4.74 Å². The first-order chi connectivity index (χ1) is 10.0. The van der Waals surface area contributed by atoms with E-state index >= 15 is 0 Å². The third kappa shape index (κ3) is 3.60. The Kier molecular flexibility index (Phi) is 4.94. The van der Waals surface area contributed by atoms with Crippen LogP contribution in [-0.4, -0.2) is 0 Å². The summed E-state index contributed by atoms with van der Waals surface area (Å²) in [6.07, 6.45) is 1.96. The van der Waals surface area contributed by atoms with Gasteiger partial charge in [-0.1, -0.05) is 26.8 Å². The quantitative estimate of drug-likeness (QED) is 0.673. The Labute approximate surface area is 124 Å². The van der Waals surface area contributed by atoms with E-state index in [1.807, 2.05) is 18.2 Å². The molecule has 2 aromatic carbocycles. The minimum absolute atomic E-state index is 0.0368. The molecule has 0 amide bonds. The van der Waals surface area contributed by atoms with Crippen LogP contribution in [-0.2, 0) is 6.42 Å². The molecule has 21 heavy (non-hydrogen) atoms. The third-order valence-electron chi connectivity index (χ3n) is 3.76. The number of aryl methyl sites for hydroxylation is 1.